The molecule has 128 valence electrons. The molecule has 3 amide bonds. The number of hydrogen-bond donors (Lipinski definition) is 2. The lowest BCUT2D eigenvalue weighted by Crippen LogP contribution is -2.36. The van der Waals surface area contributed by atoms with Gasteiger partial charge in [0.15, 0.2) is 5.82 Å². The van der Waals surface area contributed by atoms with Crippen LogP contribution in [0.25, 0.3) is 10.9 Å². The van der Waals surface area contributed by atoms with Gasteiger partial charge in [-0.2, -0.15) is 18.3 Å². The summed E-state index contributed by atoms with van der Waals surface area (Å²) in [5, 5.41) is 8.65. The molecule has 1 fully saturated rings. The van der Waals surface area contributed by atoms with Crippen LogP contribution in [0.3, 0.4) is 0 Å². The Balaban J connectivity index is 1.79. The number of benzene rings is 1. The summed E-state index contributed by atoms with van der Waals surface area (Å²) >= 11 is 0. The fourth-order valence-electron chi connectivity index (χ4n) is 2.57. The molecule has 2 aromatic rings. The highest BCUT2D eigenvalue weighted by atomic mass is 19.4. The molecule has 1 aliphatic rings. The van der Waals surface area contributed by atoms with Crippen molar-refractivity contribution in [3.63, 3.8) is 0 Å². The fraction of sp³-hybridized carbons (Fsp3) is 0.357. The number of alkyl halides is 3. The lowest BCUT2D eigenvalue weighted by molar-refractivity contribution is -0.136. The Hall–Kier alpha value is -2.78. The fourth-order valence-corrected chi connectivity index (χ4v) is 2.57. The molecule has 3 rings (SSSR count). The molecule has 1 aromatic heterocycles. The molecule has 0 atom stereocenters. The zero-order valence-electron chi connectivity index (χ0n) is 12.6. The van der Waals surface area contributed by atoms with Gasteiger partial charge in [0.05, 0.1) is 11.1 Å². The van der Waals surface area contributed by atoms with Gasteiger partial charge in [0.25, 0.3) is 0 Å². The first-order valence-electron chi connectivity index (χ1n) is 7.11. The molecule has 1 aromatic carbocycles. The maximum atomic E-state index is 13.0. The molecule has 0 aliphatic carbocycles. The Bertz CT molecular complexity index is 801. The Labute approximate surface area is 134 Å². The smallest absolute Gasteiger partial charge is 0.326 e. The Morgan fingerprint density at radius 1 is 1.38 bits per heavy atom. The number of fused-ring (bicyclic) bond motifs is 1. The van der Waals surface area contributed by atoms with Crippen LogP contribution in [0.2, 0.25) is 0 Å². The molecular formula is C14H14F3N5O2. The Kier molecular flexibility index (Phi) is 3.82. The first kappa shape index (κ1) is 16.1. The number of aromatic nitrogens is 2. The van der Waals surface area contributed by atoms with Crippen molar-refractivity contribution < 1.29 is 22.8 Å². The van der Waals surface area contributed by atoms with E-state index in [1.54, 1.807) is 7.05 Å². The second-order valence-corrected chi connectivity index (χ2v) is 5.47. The Morgan fingerprint density at radius 3 is 2.75 bits per heavy atom. The van der Waals surface area contributed by atoms with Crippen LogP contribution in [0.5, 0.6) is 0 Å². The van der Waals surface area contributed by atoms with Crippen LogP contribution < -0.4 is 5.32 Å². The highest BCUT2D eigenvalue weighted by Crippen LogP contribution is 2.35. The summed E-state index contributed by atoms with van der Waals surface area (Å²) in [5.74, 6) is -0.523. The van der Waals surface area contributed by atoms with Crippen LogP contribution in [0, 0.1) is 0 Å². The number of halogens is 3. The van der Waals surface area contributed by atoms with Crippen molar-refractivity contribution in [3.05, 3.63) is 23.8 Å². The number of carbonyl (C=O) groups is 2. The van der Waals surface area contributed by atoms with E-state index in [2.05, 4.69) is 15.5 Å². The van der Waals surface area contributed by atoms with Crippen LogP contribution in [-0.2, 0) is 11.0 Å². The number of likely N-dealkylation sites (N-methyl/N-ethyl adjacent to an activating group) is 1. The number of hydrogen-bond acceptors (Lipinski definition) is 3. The van der Waals surface area contributed by atoms with Crippen molar-refractivity contribution in [1.29, 1.82) is 0 Å². The summed E-state index contributed by atoms with van der Waals surface area (Å²) < 4.78 is 38.9. The minimum atomic E-state index is -4.53. The molecule has 1 aliphatic heterocycles. The van der Waals surface area contributed by atoms with E-state index in [0.717, 1.165) is 6.07 Å². The standard InChI is InChI=1S/C14H14F3N5O2/c1-21-5-6-22(13(21)24)7-10(23)18-12-8-3-2-4-9(14(15,16)17)11(8)19-20-12/h2-4H,5-7H2,1H3,(H2,18,19,20,23). The van der Waals surface area contributed by atoms with Crippen molar-refractivity contribution in [2.75, 3.05) is 32.0 Å². The highest BCUT2D eigenvalue weighted by molar-refractivity contribution is 6.02. The van der Waals surface area contributed by atoms with Gasteiger partial charge >= 0.3 is 12.2 Å². The van der Waals surface area contributed by atoms with Crippen molar-refractivity contribution in [2.24, 2.45) is 0 Å². The monoisotopic (exact) mass is 341 g/mol. The molecule has 0 unspecified atom stereocenters. The van der Waals surface area contributed by atoms with E-state index in [1.165, 1.54) is 21.9 Å². The number of nitrogens with zero attached hydrogens (tertiary/aromatic N) is 3. The lowest BCUT2D eigenvalue weighted by Gasteiger charge is -2.14. The first-order chi connectivity index (χ1) is 11.3. The maximum absolute atomic E-state index is 13.0. The normalized spacial score (nSPS) is 15.4. The average molecular weight is 341 g/mol. The van der Waals surface area contributed by atoms with Gasteiger partial charge in [-0.05, 0) is 12.1 Å². The van der Waals surface area contributed by atoms with E-state index < -0.39 is 17.6 Å². The first-order valence-corrected chi connectivity index (χ1v) is 7.11. The minimum absolute atomic E-state index is 0.00102. The molecule has 2 heterocycles. The third kappa shape index (κ3) is 2.86. The molecule has 0 spiro atoms. The number of H-pyrrole nitrogens is 1. The van der Waals surface area contributed by atoms with Crippen LogP contribution >= 0.6 is 0 Å². The largest absolute Gasteiger partial charge is 0.418 e. The SMILES string of the molecule is CN1CCN(CC(=O)Nc2n[nH]c3c(C(F)(F)F)cccc23)C1=O. The van der Waals surface area contributed by atoms with Crippen LogP contribution in [0.4, 0.5) is 23.8 Å². The molecule has 10 heteroatoms. The summed E-state index contributed by atoms with van der Waals surface area (Å²) in [6.45, 7) is 0.755. The van der Waals surface area contributed by atoms with Gasteiger partial charge in [0.1, 0.15) is 6.54 Å². The Morgan fingerprint density at radius 2 is 2.12 bits per heavy atom. The van der Waals surface area contributed by atoms with Gasteiger partial charge in [0.2, 0.25) is 5.91 Å². The van der Waals surface area contributed by atoms with Gasteiger partial charge in [-0.25, -0.2) is 4.79 Å². The molecule has 2 N–H and O–H groups in total. The second-order valence-electron chi connectivity index (χ2n) is 5.47. The molecule has 0 radical (unpaired) electrons. The average Bonchev–Trinajstić information content (AvgIpc) is 3.05. The lowest BCUT2D eigenvalue weighted by atomic mass is 10.1. The summed E-state index contributed by atoms with van der Waals surface area (Å²) in [6.07, 6.45) is -4.53. The second kappa shape index (κ2) is 5.69. The third-order valence-corrected chi connectivity index (χ3v) is 3.80. The van der Waals surface area contributed by atoms with Crippen LogP contribution in [0.15, 0.2) is 18.2 Å². The van der Waals surface area contributed by atoms with Gasteiger partial charge in [-0.15, -0.1) is 0 Å². The minimum Gasteiger partial charge on any atom is -0.326 e. The summed E-state index contributed by atoms with van der Waals surface area (Å²) in [7, 11) is 1.63. The van der Waals surface area contributed by atoms with E-state index in [1.807, 2.05) is 0 Å². The zero-order valence-corrected chi connectivity index (χ0v) is 12.6. The van der Waals surface area contributed by atoms with Crippen molar-refractivity contribution in [3.8, 4) is 0 Å². The molecule has 0 bridgehead atoms. The van der Waals surface area contributed by atoms with Crippen molar-refractivity contribution >= 4 is 28.7 Å². The number of para-hydroxylation sites is 1. The van der Waals surface area contributed by atoms with Crippen LogP contribution in [0.1, 0.15) is 5.56 Å². The van der Waals surface area contributed by atoms with E-state index in [0.29, 0.717) is 13.1 Å². The van der Waals surface area contributed by atoms with E-state index in [9.17, 15) is 22.8 Å². The predicted octanol–water partition coefficient (Wildman–Crippen LogP) is 1.89. The molecule has 24 heavy (non-hydrogen) atoms. The quantitative estimate of drug-likeness (QED) is 0.894. The zero-order chi connectivity index (χ0) is 17.5. The molecule has 1 saturated heterocycles. The molecule has 0 saturated carbocycles. The number of aromatic amines is 1. The molecule has 7 nitrogen and oxygen atoms in total. The number of urea groups is 1. The number of nitrogens with one attached hydrogen (secondary N) is 2. The maximum Gasteiger partial charge on any atom is 0.418 e. The number of amides is 3. The van der Waals surface area contributed by atoms with Gasteiger partial charge in [-0.3, -0.25) is 9.89 Å². The van der Waals surface area contributed by atoms with Gasteiger partial charge in [-0.1, -0.05) is 6.07 Å². The van der Waals surface area contributed by atoms with Crippen molar-refractivity contribution in [1.82, 2.24) is 20.0 Å². The highest BCUT2D eigenvalue weighted by Gasteiger charge is 2.34. The van der Waals surface area contributed by atoms with Gasteiger partial charge < -0.3 is 15.1 Å². The predicted molar refractivity (Wildman–Crippen MR) is 79.3 cm³/mol. The van der Waals surface area contributed by atoms with E-state index >= 15 is 0 Å². The summed E-state index contributed by atoms with van der Waals surface area (Å²) in [5.41, 5.74) is -1.05. The van der Waals surface area contributed by atoms with Crippen molar-refractivity contribution in [2.45, 2.75) is 6.18 Å². The summed E-state index contributed by atoms with van der Waals surface area (Å²) in [4.78, 5) is 26.6. The number of anilines is 1. The van der Waals surface area contributed by atoms with Gasteiger partial charge in [0, 0.05) is 25.5 Å². The number of carbonyl (C=O) groups excluding carboxylic acids is 2. The van der Waals surface area contributed by atoms with E-state index in [4.69, 9.17) is 0 Å². The summed E-state index contributed by atoms with van der Waals surface area (Å²) in [6, 6.07) is 3.34. The number of rotatable bonds is 3. The van der Waals surface area contributed by atoms with Crippen LogP contribution in [-0.4, -0.2) is 58.6 Å². The third-order valence-electron chi connectivity index (χ3n) is 3.80. The van der Waals surface area contributed by atoms with E-state index in [-0.39, 0.29) is 29.3 Å². The molecular weight excluding hydrogens is 327 g/mol. The topological polar surface area (TPSA) is 81.3 Å².